The molecule has 76 valence electrons. The predicted molar refractivity (Wildman–Crippen MR) is 58.0 cm³/mol. The summed E-state index contributed by atoms with van der Waals surface area (Å²) in [6.45, 7) is 2.14. The van der Waals surface area contributed by atoms with Gasteiger partial charge in [-0.1, -0.05) is 0 Å². The van der Waals surface area contributed by atoms with Crippen molar-refractivity contribution in [2.45, 2.75) is 38.6 Å². The van der Waals surface area contributed by atoms with Gasteiger partial charge < -0.3 is 5.73 Å². The zero-order valence-electron chi connectivity index (χ0n) is 8.74. The highest BCUT2D eigenvalue weighted by atomic mass is 14.7. The molecule has 2 nitrogen and oxygen atoms in total. The molecule has 2 N–H and O–H groups in total. The molecule has 1 atom stereocenters. The van der Waals surface area contributed by atoms with E-state index in [1.54, 1.807) is 0 Å². The van der Waals surface area contributed by atoms with Crippen LogP contribution >= 0.6 is 0 Å². The number of nitrogens with zero attached hydrogens (tertiary/aromatic N) is 1. The van der Waals surface area contributed by atoms with Gasteiger partial charge in [-0.2, -0.15) is 0 Å². The van der Waals surface area contributed by atoms with Crippen molar-refractivity contribution in [2.24, 2.45) is 11.7 Å². The van der Waals surface area contributed by atoms with Crippen molar-refractivity contribution in [1.82, 2.24) is 4.98 Å². The maximum atomic E-state index is 6.06. The SMILES string of the molecule is Cc1ccncc1CCC(N)C1CC1. The Bertz CT molecular complexity index is 305. The van der Waals surface area contributed by atoms with Crippen LogP contribution in [0.4, 0.5) is 0 Å². The lowest BCUT2D eigenvalue weighted by atomic mass is 10.0. The van der Waals surface area contributed by atoms with Crippen LogP contribution in [0.15, 0.2) is 18.5 Å². The summed E-state index contributed by atoms with van der Waals surface area (Å²) in [6, 6.07) is 2.48. The summed E-state index contributed by atoms with van der Waals surface area (Å²) in [5.41, 5.74) is 8.74. The van der Waals surface area contributed by atoms with Gasteiger partial charge in [0.1, 0.15) is 0 Å². The van der Waals surface area contributed by atoms with Gasteiger partial charge in [-0.05, 0) is 55.7 Å². The Hall–Kier alpha value is -0.890. The lowest BCUT2D eigenvalue weighted by molar-refractivity contribution is 0.549. The molecule has 2 rings (SSSR count). The molecular formula is C12H18N2. The lowest BCUT2D eigenvalue weighted by Crippen LogP contribution is -2.23. The highest BCUT2D eigenvalue weighted by Gasteiger charge is 2.27. The molecule has 1 aromatic rings. The first-order valence-electron chi connectivity index (χ1n) is 5.42. The van der Waals surface area contributed by atoms with Crippen molar-refractivity contribution in [3.05, 3.63) is 29.6 Å². The van der Waals surface area contributed by atoms with Crippen LogP contribution in [0.2, 0.25) is 0 Å². The van der Waals surface area contributed by atoms with Crippen LogP contribution < -0.4 is 5.73 Å². The molecule has 1 unspecified atom stereocenters. The fourth-order valence-electron chi connectivity index (χ4n) is 1.84. The molecule has 2 heteroatoms. The molecule has 0 aliphatic heterocycles. The minimum atomic E-state index is 0.412. The number of pyridine rings is 1. The van der Waals surface area contributed by atoms with E-state index in [9.17, 15) is 0 Å². The molecule has 14 heavy (non-hydrogen) atoms. The van der Waals surface area contributed by atoms with Crippen molar-refractivity contribution in [3.63, 3.8) is 0 Å². The smallest absolute Gasteiger partial charge is 0.0302 e. The van der Waals surface area contributed by atoms with Gasteiger partial charge in [0.25, 0.3) is 0 Å². The normalized spacial score (nSPS) is 18.1. The molecule has 0 spiro atoms. The van der Waals surface area contributed by atoms with Gasteiger partial charge in [0.2, 0.25) is 0 Å². The van der Waals surface area contributed by atoms with E-state index in [0.29, 0.717) is 6.04 Å². The van der Waals surface area contributed by atoms with Gasteiger partial charge in [-0.25, -0.2) is 0 Å². The Morgan fingerprint density at radius 2 is 2.36 bits per heavy atom. The van der Waals surface area contributed by atoms with Crippen LogP contribution in [-0.4, -0.2) is 11.0 Å². The number of aromatic nitrogens is 1. The summed E-state index contributed by atoms with van der Waals surface area (Å²) < 4.78 is 0. The summed E-state index contributed by atoms with van der Waals surface area (Å²) in [5.74, 6) is 0.812. The zero-order valence-corrected chi connectivity index (χ0v) is 8.74. The van der Waals surface area contributed by atoms with Crippen molar-refractivity contribution in [2.75, 3.05) is 0 Å². The highest BCUT2D eigenvalue weighted by molar-refractivity contribution is 5.21. The molecule has 1 fully saturated rings. The average Bonchev–Trinajstić information content (AvgIpc) is 2.99. The number of hydrogen-bond acceptors (Lipinski definition) is 2. The van der Waals surface area contributed by atoms with Crippen LogP contribution in [0.25, 0.3) is 0 Å². The van der Waals surface area contributed by atoms with Gasteiger partial charge in [0.15, 0.2) is 0 Å². The molecular weight excluding hydrogens is 172 g/mol. The van der Waals surface area contributed by atoms with Crippen molar-refractivity contribution in [1.29, 1.82) is 0 Å². The summed E-state index contributed by atoms with van der Waals surface area (Å²) in [4.78, 5) is 4.14. The topological polar surface area (TPSA) is 38.9 Å². The molecule has 0 saturated heterocycles. The predicted octanol–water partition coefficient (Wildman–Crippen LogP) is 2.06. The molecule has 0 bridgehead atoms. The lowest BCUT2D eigenvalue weighted by Gasteiger charge is -2.10. The van der Waals surface area contributed by atoms with E-state index in [1.807, 2.05) is 12.4 Å². The zero-order chi connectivity index (χ0) is 9.97. The molecule has 1 heterocycles. The van der Waals surface area contributed by atoms with Crippen LogP contribution in [0, 0.1) is 12.8 Å². The van der Waals surface area contributed by atoms with Gasteiger partial charge in [-0.15, -0.1) is 0 Å². The number of aryl methyl sites for hydroxylation is 2. The van der Waals surface area contributed by atoms with E-state index in [1.165, 1.54) is 24.0 Å². The van der Waals surface area contributed by atoms with Gasteiger partial charge in [0.05, 0.1) is 0 Å². The van der Waals surface area contributed by atoms with Crippen LogP contribution in [0.5, 0.6) is 0 Å². The number of nitrogens with two attached hydrogens (primary N) is 1. The van der Waals surface area contributed by atoms with E-state index in [4.69, 9.17) is 5.73 Å². The minimum Gasteiger partial charge on any atom is -0.327 e. The fraction of sp³-hybridized carbons (Fsp3) is 0.583. The molecule has 1 aromatic heterocycles. The second-order valence-corrected chi connectivity index (χ2v) is 4.34. The summed E-state index contributed by atoms with van der Waals surface area (Å²) in [6.07, 6.45) is 8.68. The Kier molecular flexibility index (Phi) is 2.82. The molecule has 0 aromatic carbocycles. The molecule has 1 saturated carbocycles. The van der Waals surface area contributed by atoms with Gasteiger partial charge in [-0.3, -0.25) is 4.98 Å². The second-order valence-electron chi connectivity index (χ2n) is 4.34. The third-order valence-electron chi connectivity index (χ3n) is 3.12. The van der Waals surface area contributed by atoms with Crippen LogP contribution in [0.3, 0.4) is 0 Å². The third-order valence-corrected chi connectivity index (χ3v) is 3.12. The van der Waals surface area contributed by atoms with E-state index >= 15 is 0 Å². The van der Waals surface area contributed by atoms with E-state index < -0.39 is 0 Å². The van der Waals surface area contributed by atoms with Crippen LogP contribution in [-0.2, 0) is 6.42 Å². The first-order chi connectivity index (χ1) is 6.77. The molecule has 1 aliphatic carbocycles. The van der Waals surface area contributed by atoms with Crippen molar-refractivity contribution in [3.8, 4) is 0 Å². The fourth-order valence-corrected chi connectivity index (χ4v) is 1.84. The maximum Gasteiger partial charge on any atom is 0.0302 e. The largest absolute Gasteiger partial charge is 0.327 e. The third kappa shape index (κ3) is 2.32. The average molecular weight is 190 g/mol. The van der Waals surface area contributed by atoms with E-state index in [0.717, 1.165) is 18.8 Å². The Morgan fingerprint density at radius 3 is 3.00 bits per heavy atom. The maximum absolute atomic E-state index is 6.06. The summed E-state index contributed by atoms with van der Waals surface area (Å²) in [7, 11) is 0. The van der Waals surface area contributed by atoms with E-state index in [2.05, 4.69) is 18.0 Å². The number of rotatable bonds is 4. The van der Waals surface area contributed by atoms with E-state index in [-0.39, 0.29) is 0 Å². The first kappa shape index (κ1) is 9.66. The Morgan fingerprint density at radius 1 is 1.57 bits per heavy atom. The van der Waals surface area contributed by atoms with Crippen LogP contribution in [0.1, 0.15) is 30.4 Å². The molecule has 1 aliphatic rings. The minimum absolute atomic E-state index is 0.412. The van der Waals surface area contributed by atoms with Crippen molar-refractivity contribution < 1.29 is 0 Å². The summed E-state index contributed by atoms with van der Waals surface area (Å²) in [5, 5.41) is 0. The quantitative estimate of drug-likeness (QED) is 0.789. The van der Waals surface area contributed by atoms with Gasteiger partial charge in [0, 0.05) is 18.4 Å². The first-order valence-corrected chi connectivity index (χ1v) is 5.42. The second kappa shape index (κ2) is 4.09. The molecule has 0 amide bonds. The summed E-state index contributed by atoms with van der Waals surface area (Å²) >= 11 is 0. The monoisotopic (exact) mass is 190 g/mol. The highest BCUT2D eigenvalue weighted by Crippen LogP contribution is 2.33. The standard InChI is InChI=1S/C12H18N2/c1-9-6-7-14-8-11(9)4-5-12(13)10-2-3-10/h6-8,10,12H,2-5,13H2,1H3. The number of hydrogen-bond donors (Lipinski definition) is 1. The molecule has 0 radical (unpaired) electrons. The van der Waals surface area contributed by atoms with Gasteiger partial charge >= 0.3 is 0 Å². The Balaban J connectivity index is 1.87. The Labute approximate surface area is 85.5 Å². The van der Waals surface area contributed by atoms with Crippen molar-refractivity contribution >= 4 is 0 Å².